The molecule has 6 heteroatoms. The summed E-state index contributed by atoms with van der Waals surface area (Å²) in [5.41, 5.74) is 0.652. The molecule has 0 atom stereocenters. The zero-order valence-corrected chi connectivity index (χ0v) is 10.4. The first kappa shape index (κ1) is 12.4. The van der Waals surface area contributed by atoms with Crippen molar-refractivity contribution in [1.29, 1.82) is 0 Å². The van der Waals surface area contributed by atoms with Crippen LogP contribution in [0.3, 0.4) is 0 Å². The minimum Gasteiger partial charge on any atom is -0.384 e. The van der Waals surface area contributed by atoms with Crippen LogP contribution in [0.15, 0.2) is 36.4 Å². The van der Waals surface area contributed by atoms with Crippen molar-refractivity contribution in [2.45, 2.75) is 6.92 Å². The molecule has 0 aliphatic carbocycles. The molecule has 0 radical (unpaired) electrons. The van der Waals surface area contributed by atoms with Gasteiger partial charge in [-0.3, -0.25) is 4.79 Å². The van der Waals surface area contributed by atoms with E-state index in [-0.39, 0.29) is 11.7 Å². The first-order valence-electron chi connectivity index (χ1n) is 5.19. The van der Waals surface area contributed by atoms with Gasteiger partial charge in [0.25, 0.3) is 11.0 Å². The lowest BCUT2D eigenvalue weighted by atomic mass is 10.1. The molecular formula is C12H11NO4S. The van der Waals surface area contributed by atoms with E-state index in [1.807, 2.05) is 6.07 Å². The van der Waals surface area contributed by atoms with E-state index in [0.717, 1.165) is 5.39 Å². The molecule has 0 fully saturated rings. The average Bonchev–Trinajstić information content (AvgIpc) is 2.27. The fourth-order valence-corrected chi connectivity index (χ4v) is 2.01. The van der Waals surface area contributed by atoms with Crippen LogP contribution < -0.4 is 9.50 Å². The number of carbonyl (C=O) groups is 1. The maximum absolute atomic E-state index is 10.9. The van der Waals surface area contributed by atoms with Gasteiger partial charge in [-0.25, -0.2) is 0 Å². The Morgan fingerprint density at radius 1 is 1.22 bits per heavy atom. The van der Waals surface area contributed by atoms with E-state index in [1.165, 1.54) is 6.92 Å². The smallest absolute Gasteiger partial charge is 0.299 e. The average molecular weight is 265 g/mol. The Labute approximate surface area is 106 Å². The summed E-state index contributed by atoms with van der Waals surface area (Å²) in [6.07, 6.45) is 0. The highest BCUT2D eigenvalue weighted by Crippen LogP contribution is 2.28. The molecule has 1 amide bonds. The third kappa shape index (κ3) is 2.78. The van der Waals surface area contributed by atoms with Crippen LogP contribution in [-0.4, -0.2) is 14.3 Å². The second-order valence-corrected chi connectivity index (χ2v) is 4.32. The van der Waals surface area contributed by atoms with Crippen molar-refractivity contribution in [3.8, 4) is 5.75 Å². The maximum Gasteiger partial charge on any atom is 0.299 e. The molecule has 0 aliphatic rings. The third-order valence-electron chi connectivity index (χ3n) is 2.33. The lowest BCUT2D eigenvalue weighted by molar-refractivity contribution is -0.114. The highest BCUT2D eigenvalue weighted by molar-refractivity contribution is 7.67. The minimum atomic E-state index is -2.94. The van der Waals surface area contributed by atoms with Crippen LogP contribution in [0.2, 0.25) is 0 Å². The van der Waals surface area contributed by atoms with E-state index in [2.05, 4.69) is 5.32 Å². The molecule has 5 nitrogen and oxygen atoms in total. The van der Waals surface area contributed by atoms with E-state index < -0.39 is 11.0 Å². The highest BCUT2D eigenvalue weighted by atomic mass is 32.2. The summed E-state index contributed by atoms with van der Waals surface area (Å²) < 4.78 is 25.9. The minimum absolute atomic E-state index is 0.163. The zero-order chi connectivity index (χ0) is 13.1. The Balaban J connectivity index is 2.49. The first-order chi connectivity index (χ1) is 8.56. The van der Waals surface area contributed by atoms with Crippen LogP contribution in [0.5, 0.6) is 5.75 Å². The molecule has 2 rings (SSSR count). The Morgan fingerprint density at radius 2 is 2.00 bits per heavy atom. The molecule has 2 aromatic rings. The van der Waals surface area contributed by atoms with Crippen LogP contribution in [0.1, 0.15) is 6.92 Å². The number of benzene rings is 2. The fourth-order valence-electron chi connectivity index (χ4n) is 1.69. The number of anilines is 1. The van der Waals surface area contributed by atoms with Gasteiger partial charge in [0.1, 0.15) is 5.75 Å². The van der Waals surface area contributed by atoms with Crippen molar-refractivity contribution in [1.82, 2.24) is 0 Å². The summed E-state index contributed by atoms with van der Waals surface area (Å²) in [6.45, 7) is 1.42. The molecule has 0 saturated carbocycles. The molecule has 0 heterocycles. The number of nitrogens with one attached hydrogen (secondary N) is 1. The molecule has 0 aromatic heterocycles. The number of rotatable bonds is 3. The molecule has 0 aliphatic heterocycles. The third-order valence-corrected chi connectivity index (χ3v) is 2.68. The fraction of sp³-hybridized carbons (Fsp3) is 0.0833. The van der Waals surface area contributed by atoms with Crippen molar-refractivity contribution >= 4 is 33.4 Å². The molecule has 94 valence electrons. The Morgan fingerprint density at radius 3 is 2.67 bits per heavy atom. The van der Waals surface area contributed by atoms with Crippen LogP contribution >= 0.6 is 0 Å². The summed E-state index contributed by atoms with van der Waals surface area (Å²) in [5, 5.41) is 4.12. The summed E-state index contributed by atoms with van der Waals surface area (Å²) in [7, 11) is -2.94. The van der Waals surface area contributed by atoms with Crippen molar-refractivity contribution in [3.05, 3.63) is 36.4 Å². The molecule has 2 aromatic carbocycles. The molecule has 18 heavy (non-hydrogen) atoms. The molecule has 1 N–H and O–H groups in total. The van der Waals surface area contributed by atoms with Crippen LogP contribution in [0.25, 0.3) is 10.8 Å². The van der Waals surface area contributed by atoms with E-state index in [4.69, 9.17) is 4.18 Å². The summed E-state index contributed by atoms with van der Waals surface area (Å²) >= 11 is 0. The van der Waals surface area contributed by atoms with Gasteiger partial charge in [-0.15, -0.1) is 0 Å². The number of hydrogen-bond acceptors (Lipinski definition) is 4. The number of fused-ring (bicyclic) bond motifs is 1. The molecule has 0 spiro atoms. The molecule has 0 saturated heterocycles. The van der Waals surface area contributed by atoms with Gasteiger partial charge in [0.05, 0.1) is 0 Å². The summed E-state index contributed by atoms with van der Waals surface area (Å²) in [6, 6.07) is 10.2. The lowest BCUT2D eigenvalue weighted by Gasteiger charge is -2.06. The van der Waals surface area contributed by atoms with Crippen LogP contribution in [0.4, 0.5) is 5.69 Å². The Bertz CT molecular complexity index is 671. The van der Waals surface area contributed by atoms with Gasteiger partial charge < -0.3 is 9.50 Å². The molecule has 0 bridgehead atoms. The number of carbonyl (C=O) groups excluding carboxylic acids is 1. The standard InChI is InChI=1S/C12H11NO4S/c1-8(14)13-10-5-6-11-9(7-10)3-2-4-12(11)17-18(15)16/h2-7,18H,1H3,(H,13,14). The number of thiol groups is 1. The van der Waals surface area contributed by atoms with E-state index in [0.29, 0.717) is 11.1 Å². The molecule has 0 unspecified atom stereocenters. The topological polar surface area (TPSA) is 72.5 Å². The van der Waals surface area contributed by atoms with E-state index in [1.54, 1.807) is 30.3 Å². The van der Waals surface area contributed by atoms with Crippen LogP contribution in [-0.2, 0) is 15.8 Å². The van der Waals surface area contributed by atoms with E-state index in [9.17, 15) is 13.2 Å². The predicted molar refractivity (Wildman–Crippen MR) is 69.2 cm³/mol. The van der Waals surface area contributed by atoms with Gasteiger partial charge in [0.2, 0.25) is 5.91 Å². The van der Waals surface area contributed by atoms with Gasteiger partial charge in [0.15, 0.2) is 0 Å². The lowest BCUT2D eigenvalue weighted by Crippen LogP contribution is -2.05. The van der Waals surface area contributed by atoms with Gasteiger partial charge >= 0.3 is 0 Å². The van der Waals surface area contributed by atoms with Crippen molar-refractivity contribution in [2.24, 2.45) is 0 Å². The van der Waals surface area contributed by atoms with E-state index >= 15 is 0 Å². The predicted octanol–water partition coefficient (Wildman–Crippen LogP) is 1.70. The monoisotopic (exact) mass is 265 g/mol. The van der Waals surface area contributed by atoms with Gasteiger partial charge in [-0.1, -0.05) is 12.1 Å². The van der Waals surface area contributed by atoms with Crippen molar-refractivity contribution in [3.63, 3.8) is 0 Å². The first-order valence-corrected chi connectivity index (χ1v) is 6.28. The summed E-state index contributed by atoms with van der Waals surface area (Å²) in [4.78, 5) is 10.9. The van der Waals surface area contributed by atoms with Crippen molar-refractivity contribution < 1.29 is 17.4 Å². The SMILES string of the molecule is CC(=O)Nc1ccc2c(O[SH](=O)=O)cccc2c1. The highest BCUT2D eigenvalue weighted by Gasteiger charge is 2.04. The Kier molecular flexibility index (Phi) is 3.47. The van der Waals surface area contributed by atoms with Gasteiger partial charge in [-0.05, 0) is 29.7 Å². The normalized spacial score (nSPS) is 10.6. The molecular weight excluding hydrogens is 254 g/mol. The van der Waals surface area contributed by atoms with Gasteiger partial charge in [-0.2, -0.15) is 8.42 Å². The second-order valence-electron chi connectivity index (χ2n) is 3.69. The number of amides is 1. The summed E-state index contributed by atoms with van der Waals surface area (Å²) in [5.74, 6) is 0.113. The number of hydrogen-bond donors (Lipinski definition) is 2. The maximum atomic E-state index is 10.9. The zero-order valence-electron chi connectivity index (χ0n) is 9.54. The van der Waals surface area contributed by atoms with Crippen LogP contribution in [0, 0.1) is 0 Å². The van der Waals surface area contributed by atoms with Crippen molar-refractivity contribution in [2.75, 3.05) is 5.32 Å². The second kappa shape index (κ2) is 5.05. The largest absolute Gasteiger partial charge is 0.384 e. The Hall–Kier alpha value is -2.08. The quantitative estimate of drug-likeness (QED) is 0.829. The van der Waals surface area contributed by atoms with Gasteiger partial charge in [0, 0.05) is 18.0 Å².